The van der Waals surface area contributed by atoms with Gasteiger partial charge < -0.3 is 13.9 Å². The van der Waals surface area contributed by atoms with Crippen LogP contribution in [0.5, 0.6) is 5.75 Å². The molecule has 0 atom stereocenters. The van der Waals surface area contributed by atoms with Gasteiger partial charge in [-0.05, 0) is 35.7 Å². The lowest BCUT2D eigenvalue weighted by atomic mass is 10.1. The summed E-state index contributed by atoms with van der Waals surface area (Å²) < 4.78 is 16.1. The molecule has 0 fully saturated rings. The average molecular weight is 443 g/mol. The fraction of sp³-hybridized carbons (Fsp3) is 0.0800. The number of pyridine rings is 1. The molecule has 0 spiro atoms. The van der Waals surface area contributed by atoms with Crippen LogP contribution in [0.25, 0.3) is 32.4 Å². The third-order valence-electron chi connectivity index (χ3n) is 5.11. The normalized spacial score (nSPS) is 11.0. The van der Waals surface area contributed by atoms with Crippen molar-refractivity contribution in [1.82, 2.24) is 4.98 Å². The largest absolute Gasteiger partial charge is 0.497 e. The van der Waals surface area contributed by atoms with Gasteiger partial charge in [0.2, 0.25) is 0 Å². The minimum atomic E-state index is -0.522. The maximum absolute atomic E-state index is 13.1. The van der Waals surface area contributed by atoms with Gasteiger partial charge in [0.1, 0.15) is 17.9 Å². The summed E-state index contributed by atoms with van der Waals surface area (Å²) in [6.07, 6.45) is 0. The number of carbonyl (C=O) groups excluding carboxylic acids is 1. The van der Waals surface area contributed by atoms with Crippen molar-refractivity contribution in [1.29, 1.82) is 0 Å². The van der Waals surface area contributed by atoms with Crippen molar-refractivity contribution in [2.75, 3.05) is 7.11 Å². The number of nitrogens with zero attached hydrogens (tertiary/aromatic N) is 1. The molecule has 2 aromatic carbocycles. The Bertz CT molecular complexity index is 1500. The number of fused-ring (bicyclic) bond motifs is 2. The number of carbonyl (C=O) groups is 1. The van der Waals surface area contributed by atoms with Crippen LogP contribution in [-0.4, -0.2) is 18.1 Å². The van der Waals surface area contributed by atoms with E-state index >= 15 is 0 Å². The van der Waals surface area contributed by atoms with Crippen molar-refractivity contribution < 1.29 is 18.7 Å². The van der Waals surface area contributed by atoms with Gasteiger partial charge in [0.05, 0.1) is 28.8 Å². The van der Waals surface area contributed by atoms with E-state index in [0.29, 0.717) is 44.4 Å². The summed E-state index contributed by atoms with van der Waals surface area (Å²) in [5, 5.41) is 3.35. The van der Waals surface area contributed by atoms with E-state index in [0.717, 1.165) is 4.88 Å². The number of ether oxygens (including phenoxy) is 2. The molecule has 158 valence electrons. The van der Waals surface area contributed by atoms with Crippen LogP contribution in [0.4, 0.5) is 0 Å². The second-order valence-corrected chi connectivity index (χ2v) is 8.03. The van der Waals surface area contributed by atoms with Gasteiger partial charge in [-0.25, -0.2) is 14.6 Å². The molecular formula is C25H17NO5S. The highest BCUT2D eigenvalue weighted by Gasteiger charge is 2.17. The number of aromatic nitrogens is 1. The number of para-hydroxylation sites is 1. The van der Waals surface area contributed by atoms with Crippen LogP contribution in [0.3, 0.4) is 0 Å². The maximum Gasteiger partial charge on any atom is 0.339 e. The van der Waals surface area contributed by atoms with Crippen molar-refractivity contribution in [2.45, 2.75) is 6.61 Å². The fourth-order valence-corrected chi connectivity index (χ4v) is 4.26. The van der Waals surface area contributed by atoms with Crippen molar-refractivity contribution >= 4 is 39.2 Å². The molecule has 3 aromatic heterocycles. The molecule has 0 saturated carbocycles. The van der Waals surface area contributed by atoms with Gasteiger partial charge >= 0.3 is 11.6 Å². The molecular weight excluding hydrogens is 426 g/mol. The van der Waals surface area contributed by atoms with Crippen LogP contribution in [0.2, 0.25) is 0 Å². The van der Waals surface area contributed by atoms with Gasteiger partial charge in [0, 0.05) is 28.5 Å². The first-order valence-corrected chi connectivity index (χ1v) is 10.7. The molecule has 5 aromatic rings. The number of methoxy groups -OCH3 is 1. The molecule has 0 N–H and O–H groups in total. The number of thiophene rings is 1. The Hall–Kier alpha value is -3.97. The van der Waals surface area contributed by atoms with E-state index in [2.05, 4.69) is 4.98 Å². The predicted molar refractivity (Wildman–Crippen MR) is 123 cm³/mol. The molecule has 0 radical (unpaired) electrons. The monoisotopic (exact) mass is 443 g/mol. The first-order chi connectivity index (χ1) is 15.6. The van der Waals surface area contributed by atoms with Crippen LogP contribution in [0, 0.1) is 0 Å². The number of hydrogen-bond acceptors (Lipinski definition) is 7. The van der Waals surface area contributed by atoms with Crippen LogP contribution < -0.4 is 10.4 Å². The van der Waals surface area contributed by atoms with E-state index in [1.54, 1.807) is 35.6 Å². The van der Waals surface area contributed by atoms with Gasteiger partial charge in [-0.2, -0.15) is 0 Å². The van der Waals surface area contributed by atoms with Crippen LogP contribution >= 0.6 is 11.3 Å². The summed E-state index contributed by atoms with van der Waals surface area (Å²) in [5.41, 5.74) is 2.26. The quantitative estimate of drug-likeness (QED) is 0.266. The summed E-state index contributed by atoms with van der Waals surface area (Å²) in [6, 6.07) is 19.6. The number of esters is 1. The highest BCUT2D eigenvalue weighted by Crippen LogP contribution is 2.29. The molecule has 0 aliphatic rings. The molecule has 32 heavy (non-hydrogen) atoms. The van der Waals surface area contributed by atoms with Crippen molar-refractivity contribution in [3.05, 3.63) is 93.7 Å². The van der Waals surface area contributed by atoms with Crippen molar-refractivity contribution in [2.24, 2.45) is 0 Å². The minimum Gasteiger partial charge on any atom is -0.497 e. The Morgan fingerprint density at radius 3 is 2.72 bits per heavy atom. The van der Waals surface area contributed by atoms with Gasteiger partial charge in [0.15, 0.2) is 0 Å². The Balaban J connectivity index is 1.50. The van der Waals surface area contributed by atoms with Crippen LogP contribution in [0.15, 0.2) is 81.3 Å². The smallest absolute Gasteiger partial charge is 0.339 e. The summed E-state index contributed by atoms with van der Waals surface area (Å²) in [6.45, 7) is -0.0712. The zero-order valence-corrected chi connectivity index (χ0v) is 17.8. The van der Waals surface area contributed by atoms with Crippen LogP contribution in [-0.2, 0) is 11.3 Å². The summed E-state index contributed by atoms with van der Waals surface area (Å²) in [7, 11) is 1.54. The van der Waals surface area contributed by atoms with E-state index in [1.807, 2.05) is 41.8 Å². The Kier molecular flexibility index (Phi) is 5.17. The van der Waals surface area contributed by atoms with E-state index in [-0.39, 0.29) is 6.61 Å². The molecule has 6 nitrogen and oxygen atoms in total. The minimum absolute atomic E-state index is 0.0712. The van der Waals surface area contributed by atoms with Gasteiger partial charge in [-0.15, -0.1) is 11.3 Å². The zero-order valence-electron chi connectivity index (χ0n) is 17.0. The third-order valence-corrected chi connectivity index (χ3v) is 6.00. The standard InChI is InChI=1S/C25H17NO5S/c1-29-16-8-9-17-15(11-24(27)31-22(17)12-16)14-30-25(28)19-13-21(23-7-4-10-32-23)26-20-6-3-2-5-18(19)20/h2-13H,14H2,1H3. The van der Waals surface area contributed by atoms with E-state index in [4.69, 9.17) is 13.9 Å². The second kappa shape index (κ2) is 8.28. The van der Waals surface area contributed by atoms with E-state index in [1.165, 1.54) is 13.2 Å². The highest BCUT2D eigenvalue weighted by molar-refractivity contribution is 7.13. The summed E-state index contributed by atoms with van der Waals surface area (Å²) in [4.78, 5) is 30.8. The van der Waals surface area contributed by atoms with Crippen molar-refractivity contribution in [3.8, 4) is 16.3 Å². The first-order valence-electron chi connectivity index (χ1n) is 9.84. The van der Waals surface area contributed by atoms with Gasteiger partial charge in [-0.3, -0.25) is 0 Å². The average Bonchev–Trinajstić information content (AvgIpc) is 3.36. The number of hydrogen-bond donors (Lipinski definition) is 0. The molecule has 0 aliphatic carbocycles. The Labute approximate surface area is 186 Å². The number of rotatable bonds is 5. The summed E-state index contributed by atoms with van der Waals surface area (Å²) >= 11 is 1.55. The van der Waals surface area contributed by atoms with E-state index < -0.39 is 11.6 Å². The lowest BCUT2D eigenvalue weighted by Gasteiger charge is -2.11. The first kappa shape index (κ1) is 20.0. The molecule has 0 amide bonds. The molecule has 0 bridgehead atoms. The Morgan fingerprint density at radius 2 is 1.91 bits per heavy atom. The molecule has 3 heterocycles. The lowest BCUT2D eigenvalue weighted by molar-refractivity contribution is 0.0476. The van der Waals surface area contributed by atoms with E-state index in [9.17, 15) is 9.59 Å². The van der Waals surface area contributed by atoms with Gasteiger partial charge in [-0.1, -0.05) is 24.3 Å². The SMILES string of the molecule is COc1ccc2c(COC(=O)c3cc(-c4cccs4)nc4ccccc34)cc(=O)oc2c1. The second-order valence-electron chi connectivity index (χ2n) is 7.08. The number of benzene rings is 2. The Morgan fingerprint density at radius 1 is 1.03 bits per heavy atom. The molecule has 0 unspecified atom stereocenters. The zero-order chi connectivity index (χ0) is 22.1. The predicted octanol–water partition coefficient (Wildman–Crippen LogP) is 5.44. The molecule has 0 aliphatic heterocycles. The van der Waals surface area contributed by atoms with Crippen LogP contribution in [0.1, 0.15) is 15.9 Å². The maximum atomic E-state index is 13.1. The van der Waals surface area contributed by atoms with Crippen molar-refractivity contribution in [3.63, 3.8) is 0 Å². The summed E-state index contributed by atoms with van der Waals surface area (Å²) in [5.74, 6) is 0.0791. The molecule has 0 saturated heterocycles. The highest BCUT2D eigenvalue weighted by atomic mass is 32.1. The third kappa shape index (κ3) is 3.74. The van der Waals surface area contributed by atoms with Gasteiger partial charge in [0.25, 0.3) is 0 Å². The lowest BCUT2D eigenvalue weighted by Crippen LogP contribution is -2.09. The molecule has 5 rings (SSSR count). The molecule has 7 heteroatoms. The fourth-order valence-electron chi connectivity index (χ4n) is 3.57. The topological polar surface area (TPSA) is 78.6 Å².